The maximum Gasteiger partial charge on any atom is 0.0537 e. The van der Waals surface area contributed by atoms with Crippen molar-refractivity contribution >= 4 is 0 Å². The van der Waals surface area contributed by atoms with Crippen LogP contribution in [0.4, 0.5) is 0 Å². The summed E-state index contributed by atoms with van der Waals surface area (Å²) in [5, 5.41) is 7.86. The molecule has 96 valence electrons. The van der Waals surface area contributed by atoms with Gasteiger partial charge >= 0.3 is 0 Å². The second kappa shape index (κ2) is 5.78. The van der Waals surface area contributed by atoms with Gasteiger partial charge in [0.2, 0.25) is 0 Å². The first-order valence-corrected chi connectivity index (χ1v) is 6.39. The molecule has 4 nitrogen and oxygen atoms in total. The van der Waals surface area contributed by atoms with Crippen LogP contribution in [0, 0.1) is 0 Å². The van der Waals surface area contributed by atoms with E-state index in [2.05, 4.69) is 48.4 Å². The number of nitrogens with one attached hydrogen (secondary N) is 1. The molecule has 2 aromatic heterocycles. The molecule has 0 radical (unpaired) electrons. The van der Waals surface area contributed by atoms with Crippen LogP contribution in [-0.2, 0) is 6.54 Å². The van der Waals surface area contributed by atoms with Gasteiger partial charge in [0.15, 0.2) is 0 Å². The molecule has 1 unspecified atom stereocenters. The van der Waals surface area contributed by atoms with Crippen molar-refractivity contribution in [3.8, 4) is 0 Å². The quantitative estimate of drug-likeness (QED) is 0.879. The second-order valence-electron chi connectivity index (χ2n) is 4.53. The SMILES string of the molecule is CCn1cc(C(C)N[C@H](C)c2cccnc2)cn1. The predicted octanol–water partition coefficient (Wildman–Crippen LogP) is 2.71. The summed E-state index contributed by atoms with van der Waals surface area (Å²) < 4.78 is 1.95. The minimum Gasteiger partial charge on any atom is -0.303 e. The molecule has 4 heteroatoms. The molecule has 0 fully saturated rings. The van der Waals surface area contributed by atoms with Crippen LogP contribution in [-0.4, -0.2) is 14.8 Å². The maximum absolute atomic E-state index is 4.30. The molecule has 0 aliphatic heterocycles. The van der Waals surface area contributed by atoms with Gasteiger partial charge in [-0.1, -0.05) is 6.07 Å². The van der Waals surface area contributed by atoms with Gasteiger partial charge in [0.05, 0.1) is 6.20 Å². The van der Waals surface area contributed by atoms with Crippen molar-refractivity contribution in [3.63, 3.8) is 0 Å². The Morgan fingerprint density at radius 1 is 1.22 bits per heavy atom. The molecule has 0 aliphatic carbocycles. The summed E-state index contributed by atoms with van der Waals surface area (Å²) in [6, 6.07) is 4.61. The van der Waals surface area contributed by atoms with Gasteiger partial charge in [-0.05, 0) is 32.4 Å². The van der Waals surface area contributed by atoms with E-state index in [1.165, 1.54) is 11.1 Å². The number of rotatable bonds is 5. The molecule has 0 saturated carbocycles. The number of nitrogens with zero attached hydrogens (tertiary/aromatic N) is 3. The molecular weight excluding hydrogens is 224 g/mol. The summed E-state index contributed by atoms with van der Waals surface area (Å²) in [7, 11) is 0. The van der Waals surface area contributed by atoms with Crippen molar-refractivity contribution in [2.24, 2.45) is 0 Å². The molecule has 0 aliphatic rings. The van der Waals surface area contributed by atoms with Crippen LogP contribution >= 0.6 is 0 Å². The Morgan fingerprint density at radius 2 is 2.00 bits per heavy atom. The number of hydrogen-bond acceptors (Lipinski definition) is 3. The Bertz CT molecular complexity index is 478. The van der Waals surface area contributed by atoms with Gasteiger partial charge in [-0.2, -0.15) is 5.10 Å². The van der Waals surface area contributed by atoms with Crippen molar-refractivity contribution < 1.29 is 0 Å². The van der Waals surface area contributed by atoms with Crippen LogP contribution < -0.4 is 5.32 Å². The van der Waals surface area contributed by atoms with Crippen molar-refractivity contribution in [1.82, 2.24) is 20.1 Å². The highest BCUT2D eigenvalue weighted by Gasteiger charge is 2.12. The molecule has 0 aromatic carbocycles. The van der Waals surface area contributed by atoms with Gasteiger partial charge in [0, 0.05) is 42.8 Å². The lowest BCUT2D eigenvalue weighted by Gasteiger charge is -2.19. The number of aromatic nitrogens is 3. The van der Waals surface area contributed by atoms with Crippen molar-refractivity contribution in [2.45, 2.75) is 39.4 Å². The van der Waals surface area contributed by atoms with Crippen molar-refractivity contribution in [2.75, 3.05) is 0 Å². The molecular formula is C14H20N4. The average molecular weight is 244 g/mol. The lowest BCUT2D eigenvalue weighted by Crippen LogP contribution is -2.22. The third-order valence-corrected chi connectivity index (χ3v) is 3.16. The first-order chi connectivity index (χ1) is 8.70. The lowest BCUT2D eigenvalue weighted by molar-refractivity contribution is 0.493. The zero-order valence-corrected chi connectivity index (χ0v) is 11.2. The smallest absolute Gasteiger partial charge is 0.0537 e. The highest BCUT2D eigenvalue weighted by Crippen LogP contribution is 2.18. The molecule has 18 heavy (non-hydrogen) atoms. The van der Waals surface area contributed by atoms with Crippen molar-refractivity contribution in [3.05, 3.63) is 48.0 Å². The summed E-state index contributed by atoms with van der Waals surface area (Å²) in [6.07, 6.45) is 7.72. The summed E-state index contributed by atoms with van der Waals surface area (Å²) in [5.74, 6) is 0. The third-order valence-electron chi connectivity index (χ3n) is 3.16. The van der Waals surface area contributed by atoms with Gasteiger partial charge in [0.1, 0.15) is 0 Å². The highest BCUT2D eigenvalue weighted by atomic mass is 15.3. The second-order valence-corrected chi connectivity index (χ2v) is 4.53. The highest BCUT2D eigenvalue weighted by molar-refractivity contribution is 5.15. The zero-order chi connectivity index (χ0) is 13.0. The molecule has 0 saturated heterocycles. The number of pyridine rings is 1. The van der Waals surface area contributed by atoms with Crippen LogP contribution in [0.3, 0.4) is 0 Å². The average Bonchev–Trinajstić information content (AvgIpc) is 2.88. The number of aryl methyl sites for hydroxylation is 1. The largest absolute Gasteiger partial charge is 0.303 e. The normalized spacial score (nSPS) is 14.4. The predicted molar refractivity (Wildman–Crippen MR) is 72.1 cm³/mol. The van der Waals surface area contributed by atoms with Crippen LogP contribution in [0.1, 0.15) is 44.0 Å². The zero-order valence-electron chi connectivity index (χ0n) is 11.2. The van der Waals surface area contributed by atoms with E-state index in [0.717, 1.165) is 6.54 Å². The van der Waals surface area contributed by atoms with Crippen LogP contribution in [0.5, 0.6) is 0 Å². The van der Waals surface area contributed by atoms with Gasteiger partial charge < -0.3 is 5.32 Å². The third kappa shape index (κ3) is 2.96. The van der Waals surface area contributed by atoms with E-state index in [1.54, 1.807) is 6.20 Å². The Labute approximate surface area is 108 Å². The van der Waals surface area contributed by atoms with Gasteiger partial charge in [-0.15, -0.1) is 0 Å². The Morgan fingerprint density at radius 3 is 2.61 bits per heavy atom. The van der Waals surface area contributed by atoms with Crippen LogP contribution in [0.25, 0.3) is 0 Å². The summed E-state index contributed by atoms with van der Waals surface area (Å²) in [4.78, 5) is 4.15. The van der Waals surface area contributed by atoms with E-state index >= 15 is 0 Å². The van der Waals surface area contributed by atoms with Crippen molar-refractivity contribution in [1.29, 1.82) is 0 Å². The van der Waals surface area contributed by atoms with Gasteiger partial charge in [0.25, 0.3) is 0 Å². The summed E-state index contributed by atoms with van der Waals surface area (Å²) in [5.41, 5.74) is 2.42. The van der Waals surface area contributed by atoms with Gasteiger partial charge in [-0.25, -0.2) is 0 Å². The van der Waals surface area contributed by atoms with Crippen LogP contribution in [0.2, 0.25) is 0 Å². The minimum atomic E-state index is 0.277. The van der Waals surface area contributed by atoms with E-state index < -0.39 is 0 Å². The molecule has 2 heterocycles. The fraction of sp³-hybridized carbons (Fsp3) is 0.429. The fourth-order valence-electron chi connectivity index (χ4n) is 1.98. The van der Waals surface area contributed by atoms with Crippen LogP contribution in [0.15, 0.2) is 36.9 Å². The van der Waals surface area contributed by atoms with E-state index in [9.17, 15) is 0 Å². The molecule has 0 amide bonds. The standard InChI is InChI=1S/C14H20N4/c1-4-18-10-14(9-16-18)12(3)17-11(2)13-6-5-7-15-8-13/h5-12,17H,4H2,1-3H3/t11-,12?/m1/s1. The first-order valence-electron chi connectivity index (χ1n) is 6.39. The monoisotopic (exact) mass is 244 g/mol. The van der Waals surface area contributed by atoms with E-state index in [-0.39, 0.29) is 12.1 Å². The Kier molecular flexibility index (Phi) is 4.10. The van der Waals surface area contributed by atoms with E-state index in [1.807, 2.05) is 23.1 Å². The fourth-order valence-corrected chi connectivity index (χ4v) is 1.98. The lowest BCUT2D eigenvalue weighted by atomic mass is 10.1. The Balaban J connectivity index is 2.01. The molecule has 0 spiro atoms. The maximum atomic E-state index is 4.30. The summed E-state index contributed by atoms with van der Waals surface area (Å²) >= 11 is 0. The van der Waals surface area contributed by atoms with E-state index in [0.29, 0.717) is 0 Å². The first kappa shape index (κ1) is 12.8. The minimum absolute atomic E-state index is 0.277. The molecule has 2 rings (SSSR count). The molecule has 1 N–H and O–H groups in total. The molecule has 2 atom stereocenters. The summed E-state index contributed by atoms with van der Waals surface area (Å²) in [6.45, 7) is 7.31. The van der Waals surface area contributed by atoms with E-state index in [4.69, 9.17) is 0 Å². The molecule has 2 aromatic rings. The molecule has 0 bridgehead atoms. The number of hydrogen-bond donors (Lipinski definition) is 1. The topological polar surface area (TPSA) is 42.7 Å². The van der Waals surface area contributed by atoms with Gasteiger partial charge in [-0.3, -0.25) is 9.67 Å². The Hall–Kier alpha value is -1.68.